The van der Waals surface area contributed by atoms with Crippen molar-refractivity contribution >= 4 is 23.9 Å². The number of rotatable bonds is 10. The minimum absolute atomic E-state index is 0.0188. The molecule has 18 atom stereocenters. The Morgan fingerprint density at radius 2 is 1.26 bits per heavy atom. The molecule has 258 valence electrons. The van der Waals surface area contributed by atoms with Crippen LogP contribution in [0.15, 0.2) is 0 Å². The van der Waals surface area contributed by atoms with E-state index in [1.54, 1.807) is 0 Å². The smallest absolute Gasteiger partial charge is 0.317 e. The first-order valence-electron chi connectivity index (χ1n) is 19.4. The van der Waals surface area contributed by atoms with Crippen LogP contribution >= 0.6 is 0 Å². The van der Waals surface area contributed by atoms with Crippen molar-refractivity contribution < 1.29 is 38.1 Å². The molecule has 0 spiro atoms. The average molecular weight is 651 g/mol. The molecule has 8 nitrogen and oxygen atoms in total. The Labute approximate surface area is 279 Å². The van der Waals surface area contributed by atoms with Crippen molar-refractivity contribution in [2.24, 2.45) is 107 Å². The first-order chi connectivity index (χ1) is 22.8. The predicted octanol–water partition coefficient (Wildman–Crippen LogP) is 6.05. The van der Waals surface area contributed by atoms with Gasteiger partial charge in [-0.3, -0.25) is 19.2 Å². The van der Waals surface area contributed by atoms with E-state index in [2.05, 4.69) is 6.92 Å². The fourth-order valence-corrected chi connectivity index (χ4v) is 14.5. The summed E-state index contributed by atoms with van der Waals surface area (Å²) in [6, 6.07) is 0. The molecule has 9 aliphatic rings. The van der Waals surface area contributed by atoms with Gasteiger partial charge in [0, 0.05) is 0 Å². The molecule has 8 saturated carbocycles. The molecule has 0 amide bonds. The molecule has 47 heavy (non-hydrogen) atoms. The Bertz CT molecular complexity index is 1300. The third kappa shape index (κ3) is 4.98. The summed E-state index contributed by atoms with van der Waals surface area (Å²) in [6.07, 6.45) is 14.3. The lowest BCUT2D eigenvalue weighted by Crippen LogP contribution is -2.48. The Kier molecular flexibility index (Phi) is 7.82. The van der Waals surface area contributed by atoms with Gasteiger partial charge in [-0.05, 0) is 147 Å². The maximum Gasteiger partial charge on any atom is 0.317 e. The topological polar surface area (TPSA) is 105 Å². The maximum atomic E-state index is 14.2. The van der Waals surface area contributed by atoms with Crippen LogP contribution in [0.2, 0.25) is 0 Å². The van der Waals surface area contributed by atoms with Gasteiger partial charge in [0.15, 0.2) is 6.79 Å². The zero-order valence-electron chi connectivity index (χ0n) is 28.3. The highest BCUT2D eigenvalue weighted by Crippen LogP contribution is 2.68. The van der Waals surface area contributed by atoms with Gasteiger partial charge in [0.25, 0.3) is 0 Å². The summed E-state index contributed by atoms with van der Waals surface area (Å²) in [5.74, 6) is 2.71. The van der Waals surface area contributed by atoms with Crippen LogP contribution in [0.5, 0.6) is 0 Å². The molecule has 0 aromatic carbocycles. The van der Waals surface area contributed by atoms with Gasteiger partial charge in [0.2, 0.25) is 0 Å². The van der Waals surface area contributed by atoms with E-state index >= 15 is 0 Å². The molecule has 18 unspecified atom stereocenters. The van der Waals surface area contributed by atoms with Gasteiger partial charge in [0.05, 0.1) is 36.9 Å². The highest BCUT2D eigenvalue weighted by molar-refractivity contribution is 5.96. The summed E-state index contributed by atoms with van der Waals surface area (Å²) in [5, 5.41) is 0. The van der Waals surface area contributed by atoms with E-state index in [-0.39, 0.29) is 60.2 Å². The van der Waals surface area contributed by atoms with Gasteiger partial charge in [-0.15, -0.1) is 0 Å². The highest BCUT2D eigenvalue weighted by Gasteiger charge is 2.68. The second kappa shape index (κ2) is 11.8. The highest BCUT2D eigenvalue weighted by atomic mass is 16.7. The Morgan fingerprint density at radius 1 is 0.638 bits per heavy atom. The van der Waals surface area contributed by atoms with Gasteiger partial charge in [-0.2, -0.15) is 0 Å². The molecule has 0 N–H and O–H groups in total. The largest absolute Gasteiger partial charge is 0.465 e. The Balaban J connectivity index is 0.931. The second-order valence-electron chi connectivity index (χ2n) is 18.0. The zero-order valence-corrected chi connectivity index (χ0v) is 28.3. The minimum atomic E-state index is -0.521. The van der Waals surface area contributed by atoms with E-state index < -0.39 is 29.6 Å². The van der Waals surface area contributed by atoms with E-state index in [1.165, 1.54) is 44.9 Å². The quantitative estimate of drug-likeness (QED) is 0.0925. The van der Waals surface area contributed by atoms with Gasteiger partial charge < -0.3 is 18.9 Å². The molecule has 8 aliphatic carbocycles. The normalized spacial score (nSPS) is 51.8. The molecular formula is C39H54O8. The van der Waals surface area contributed by atoms with E-state index in [9.17, 15) is 19.2 Å². The number of hydrogen-bond donors (Lipinski definition) is 0. The number of fused-ring (bicyclic) bond motifs is 8. The number of cyclic esters (lactones) is 2. The third-order valence-corrected chi connectivity index (χ3v) is 16.3. The molecule has 8 heteroatoms. The SMILES string of the molecule is CC1C(=O)OC(=O)C1C1C2CCC(C2)C1C1C(C)C2CC1C(C(=O)OCC1CC3CCC1C3)C2C(=O)OCOCC1CC2CCC1C2. The van der Waals surface area contributed by atoms with Crippen molar-refractivity contribution in [3.05, 3.63) is 0 Å². The summed E-state index contributed by atoms with van der Waals surface area (Å²) in [4.78, 5) is 53.8. The fraction of sp³-hybridized carbons (Fsp3) is 0.897. The van der Waals surface area contributed by atoms with Gasteiger partial charge in [0.1, 0.15) is 0 Å². The van der Waals surface area contributed by atoms with Crippen molar-refractivity contribution in [2.45, 2.75) is 90.9 Å². The van der Waals surface area contributed by atoms with Crippen LogP contribution in [-0.4, -0.2) is 43.9 Å². The van der Waals surface area contributed by atoms with Crippen LogP contribution in [0.25, 0.3) is 0 Å². The third-order valence-electron chi connectivity index (χ3n) is 16.3. The molecule has 0 aromatic heterocycles. The molecule has 8 bridgehead atoms. The second-order valence-corrected chi connectivity index (χ2v) is 18.0. The van der Waals surface area contributed by atoms with Crippen LogP contribution in [0.1, 0.15) is 90.9 Å². The molecule has 0 aromatic rings. The first kappa shape index (κ1) is 31.1. The van der Waals surface area contributed by atoms with Crippen molar-refractivity contribution in [3.8, 4) is 0 Å². The molecule has 9 rings (SSSR count). The van der Waals surface area contributed by atoms with E-state index in [4.69, 9.17) is 18.9 Å². The lowest BCUT2D eigenvalue weighted by atomic mass is 9.57. The lowest BCUT2D eigenvalue weighted by Gasteiger charge is -2.46. The monoisotopic (exact) mass is 650 g/mol. The maximum absolute atomic E-state index is 14.2. The zero-order chi connectivity index (χ0) is 32.1. The van der Waals surface area contributed by atoms with Crippen LogP contribution in [0.3, 0.4) is 0 Å². The summed E-state index contributed by atoms with van der Waals surface area (Å²) < 4.78 is 23.2. The molecule has 1 saturated heterocycles. The number of carbonyl (C=O) groups excluding carboxylic acids is 4. The lowest BCUT2D eigenvalue weighted by molar-refractivity contribution is -0.176. The van der Waals surface area contributed by atoms with Gasteiger partial charge in [-0.25, -0.2) is 0 Å². The number of ether oxygens (including phenoxy) is 4. The Morgan fingerprint density at radius 3 is 1.87 bits per heavy atom. The van der Waals surface area contributed by atoms with Crippen molar-refractivity contribution in [1.82, 2.24) is 0 Å². The van der Waals surface area contributed by atoms with Crippen molar-refractivity contribution in [3.63, 3.8) is 0 Å². The van der Waals surface area contributed by atoms with E-state index in [0.717, 1.165) is 49.9 Å². The molecule has 9 fully saturated rings. The van der Waals surface area contributed by atoms with E-state index in [1.807, 2.05) is 6.92 Å². The van der Waals surface area contributed by atoms with Crippen molar-refractivity contribution in [1.29, 1.82) is 0 Å². The summed E-state index contributed by atoms with van der Waals surface area (Å²) in [5.41, 5.74) is 0. The first-order valence-corrected chi connectivity index (χ1v) is 19.4. The predicted molar refractivity (Wildman–Crippen MR) is 169 cm³/mol. The van der Waals surface area contributed by atoms with Crippen LogP contribution < -0.4 is 0 Å². The number of esters is 4. The molecule has 0 radical (unpaired) electrons. The van der Waals surface area contributed by atoms with Gasteiger partial charge in [-0.1, -0.05) is 26.7 Å². The number of carbonyl (C=O) groups is 4. The average Bonchev–Trinajstić information content (AvgIpc) is 3.92. The van der Waals surface area contributed by atoms with Crippen LogP contribution in [-0.2, 0) is 38.1 Å². The summed E-state index contributed by atoms with van der Waals surface area (Å²) in [7, 11) is 0. The minimum Gasteiger partial charge on any atom is -0.465 e. The molecule has 1 heterocycles. The fourth-order valence-electron chi connectivity index (χ4n) is 14.5. The number of hydrogen-bond acceptors (Lipinski definition) is 8. The van der Waals surface area contributed by atoms with Crippen LogP contribution in [0, 0.1) is 107 Å². The Hall–Kier alpha value is -1.96. The van der Waals surface area contributed by atoms with Crippen LogP contribution in [0.4, 0.5) is 0 Å². The molecular weight excluding hydrogens is 596 g/mol. The van der Waals surface area contributed by atoms with E-state index in [0.29, 0.717) is 42.8 Å². The van der Waals surface area contributed by atoms with Crippen molar-refractivity contribution in [2.75, 3.05) is 20.0 Å². The standard InChI is InChI=1S/C39H54O8/c1-18-28-14-29(30(18)32-24-7-8-25(13-24)33(32)31-19(2)36(40)47-39(31)43)35(37(41)45-16-27-12-21-4-6-23(27)10-21)34(28)38(42)46-17-44-15-26-11-20-3-5-22(26)9-20/h18-35H,3-17H2,1-2H3. The summed E-state index contributed by atoms with van der Waals surface area (Å²) in [6.45, 7) is 5.19. The summed E-state index contributed by atoms with van der Waals surface area (Å²) >= 11 is 0. The van der Waals surface area contributed by atoms with Gasteiger partial charge >= 0.3 is 23.9 Å². The molecule has 1 aliphatic heterocycles.